The van der Waals surface area contributed by atoms with Crippen LogP contribution in [-0.2, 0) is 0 Å². The van der Waals surface area contributed by atoms with Crippen LogP contribution >= 0.6 is 12.4 Å². The number of nitrogens with zero attached hydrogens (tertiary/aromatic N) is 2. The molecule has 3 N–H and O–H groups in total. The van der Waals surface area contributed by atoms with E-state index >= 15 is 0 Å². The van der Waals surface area contributed by atoms with Gasteiger partial charge in [-0.3, -0.25) is 4.68 Å². The number of anilines is 1. The van der Waals surface area contributed by atoms with Crippen LogP contribution in [-0.4, -0.2) is 14.8 Å². The predicted molar refractivity (Wildman–Crippen MR) is 81.6 cm³/mol. The highest BCUT2D eigenvalue weighted by atomic mass is 35.5. The molecule has 0 aliphatic carbocycles. The van der Waals surface area contributed by atoms with E-state index < -0.39 is 0 Å². The van der Waals surface area contributed by atoms with Crippen molar-refractivity contribution in [3.8, 4) is 11.1 Å². The van der Waals surface area contributed by atoms with Gasteiger partial charge in [-0.05, 0) is 31.5 Å². The van der Waals surface area contributed by atoms with Crippen molar-refractivity contribution in [2.75, 3.05) is 5.73 Å². The van der Waals surface area contributed by atoms with Crippen LogP contribution in [0.15, 0.2) is 36.8 Å². The Balaban J connectivity index is 0.00000133. The van der Waals surface area contributed by atoms with Gasteiger partial charge in [-0.25, -0.2) is 0 Å². The van der Waals surface area contributed by atoms with E-state index in [0.29, 0.717) is 6.04 Å². The Morgan fingerprint density at radius 2 is 2.05 bits per heavy atom. The average molecular weight is 277 g/mol. The minimum atomic E-state index is 0. The van der Waals surface area contributed by atoms with Crippen molar-refractivity contribution in [1.29, 1.82) is 0 Å². The zero-order valence-electron chi connectivity index (χ0n) is 10.9. The number of hydrogen-bond donors (Lipinski definition) is 2. The normalized spacial score (nSPS) is 10.9. The largest absolute Gasteiger partial charge is 0.397 e. The number of hydrogen-bond acceptors (Lipinski definition) is 2. The van der Waals surface area contributed by atoms with Gasteiger partial charge in [0.15, 0.2) is 0 Å². The molecule has 0 radical (unpaired) electrons. The van der Waals surface area contributed by atoms with Gasteiger partial charge in [0.1, 0.15) is 0 Å². The molecule has 4 nitrogen and oxygen atoms in total. The lowest BCUT2D eigenvalue weighted by atomic mass is 10.1. The van der Waals surface area contributed by atoms with Crippen molar-refractivity contribution >= 4 is 29.0 Å². The van der Waals surface area contributed by atoms with Crippen LogP contribution in [0.4, 0.5) is 5.69 Å². The number of rotatable bonds is 2. The maximum Gasteiger partial charge on any atom is 0.0572 e. The molecule has 0 saturated heterocycles. The number of nitrogens with two attached hydrogens (primary N) is 1. The van der Waals surface area contributed by atoms with Gasteiger partial charge in [0, 0.05) is 34.9 Å². The second-order valence-electron chi connectivity index (χ2n) is 4.81. The first-order valence-corrected chi connectivity index (χ1v) is 6.06. The van der Waals surface area contributed by atoms with Crippen molar-refractivity contribution in [2.45, 2.75) is 19.9 Å². The third kappa shape index (κ3) is 2.31. The van der Waals surface area contributed by atoms with E-state index in [4.69, 9.17) is 5.73 Å². The van der Waals surface area contributed by atoms with Crippen LogP contribution in [0.5, 0.6) is 0 Å². The number of aromatic amines is 1. The molecule has 2 aromatic heterocycles. The molecule has 100 valence electrons. The predicted octanol–water partition coefficient (Wildman–Crippen LogP) is 3.62. The second kappa shape index (κ2) is 4.97. The molecule has 0 amide bonds. The topological polar surface area (TPSA) is 59.6 Å². The highest BCUT2D eigenvalue weighted by Gasteiger charge is 2.06. The molecular formula is C14H17ClN4. The molecule has 0 saturated carbocycles. The number of halogens is 1. The SMILES string of the molecule is CC(C)n1cc(-c2ccc3[nH]cc(N)c3c2)cn1.Cl. The summed E-state index contributed by atoms with van der Waals surface area (Å²) in [5.41, 5.74) is 10.0. The van der Waals surface area contributed by atoms with E-state index in [2.05, 4.69) is 42.3 Å². The van der Waals surface area contributed by atoms with Gasteiger partial charge in [0.25, 0.3) is 0 Å². The van der Waals surface area contributed by atoms with Crippen molar-refractivity contribution in [2.24, 2.45) is 0 Å². The van der Waals surface area contributed by atoms with Crippen LogP contribution < -0.4 is 5.73 Å². The molecule has 0 aliphatic rings. The maximum atomic E-state index is 5.92. The molecule has 5 heteroatoms. The van der Waals surface area contributed by atoms with E-state index in [1.54, 1.807) is 0 Å². The summed E-state index contributed by atoms with van der Waals surface area (Å²) in [5, 5.41) is 5.42. The first kappa shape index (κ1) is 13.5. The Hall–Kier alpha value is -1.94. The second-order valence-corrected chi connectivity index (χ2v) is 4.81. The molecule has 0 spiro atoms. The fraction of sp³-hybridized carbons (Fsp3) is 0.214. The summed E-state index contributed by atoms with van der Waals surface area (Å²) in [4.78, 5) is 3.14. The summed E-state index contributed by atoms with van der Waals surface area (Å²) in [6, 6.07) is 6.61. The van der Waals surface area contributed by atoms with Gasteiger partial charge in [-0.1, -0.05) is 6.07 Å². The van der Waals surface area contributed by atoms with Gasteiger partial charge < -0.3 is 10.7 Å². The quantitative estimate of drug-likeness (QED) is 0.751. The molecule has 19 heavy (non-hydrogen) atoms. The standard InChI is InChI=1S/C14H16N4.ClH/c1-9(2)18-8-11(6-17-18)10-3-4-14-12(5-10)13(15)7-16-14;/h3-9,16H,15H2,1-2H3;1H. The Kier molecular flexibility index (Phi) is 3.53. The lowest BCUT2D eigenvalue weighted by Gasteiger charge is -2.03. The Labute approximate surface area is 118 Å². The van der Waals surface area contributed by atoms with Gasteiger partial charge in [0.2, 0.25) is 0 Å². The summed E-state index contributed by atoms with van der Waals surface area (Å²) in [7, 11) is 0. The molecule has 0 fully saturated rings. The zero-order valence-corrected chi connectivity index (χ0v) is 11.7. The number of fused-ring (bicyclic) bond motifs is 1. The molecule has 2 heterocycles. The van der Waals surface area contributed by atoms with E-state index in [-0.39, 0.29) is 12.4 Å². The summed E-state index contributed by atoms with van der Waals surface area (Å²) in [6.45, 7) is 4.23. The molecule has 0 atom stereocenters. The van der Waals surface area contributed by atoms with Gasteiger partial charge in [-0.15, -0.1) is 12.4 Å². The van der Waals surface area contributed by atoms with Crippen LogP contribution in [0, 0.1) is 0 Å². The molecule has 3 rings (SSSR count). The van der Waals surface area contributed by atoms with Crippen molar-refractivity contribution < 1.29 is 0 Å². The highest BCUT2D eigenvalue weighted by molar-refractivity contribution is 5.94. The van der Waals surface area contributed by atoms with E-state index in [0.717, 1.165) is 27.7 Å². The van der Waals surface area contributed by atoms with Crippen molar-refractivity contribution in [3.05, 3.63) is 36.8 Å². The summed E-state index contributed by atoms with van der Waals surface area (Å²) >= 11 is 0. The number of nitrogens with one attached hydrogen (secondary N) is 1. The van der Waals surface area contributed by atoms with Crippen LogP contribution in [0.2, 0.25) is 0 Å². The van der Waals surface area contributed by atoms with Gasteiger partial charge >= 0.3 is 0 Å². The number of benzene rings is 1. The third-order valence-corrected chi connectivity index (χ3v) is 3.18. The summed E-state index contributed by atoms with van der Waals surface area (Å²) < 4.78 is 1.96. The smallest absolute Gasteiger partial charge is 0.0572 e. The molecule has 3 aromatic rings. The number of nitrogen functional groups attached to an aromatic ring is 1. The summed E-state index contributed by atoms with van der Waals surface area (Å²) in [5.74, 6) is 0. The monoisotopic (exact) mass is 276 g/mol. The fourth-order valence-electron chi connectivity index (χ4n) is 2.09. The zero-order chi connectivity index (χ0) is 12.7. The fourth-order valence-corrected chi connectivity index (χ4v) is 2.09. The molecule has 1 aromatic carbocycles. The number of H-pyrrole nitrogens is 1. The molecular weight excluding hydrogens is 260 g/mol. The first-order chi connectivity index (χ1) is 8.65. The van der Waals surface area contributed by atoms with Crippen LogP contribution in [0.3, 0.4) is 0 Å². The van der Waals surface area contributed by atoms with Crippen LogP contribution in [0.1, 0.15) is 19.9 Å². The Morgan fingerprint density at radius 3 is 2.74 bits per heavy atom. The third-order valence-electron chi connectivity index (χ3n) is 3.18. The molecule has 0 unspecified atom stereocenters. The number of aromatic nitrogens is 3. The van der Waals surface area contributed by atoms with Gasteiger partial charge in [0.05, 0.1) is 11.9 Å². The lowest BCUT2D eigenvalue weighted by molar-refractivity contribution is 0.532. The van der Waals surface area contributed by atoms with Gasteiger partial charge in [-0.2, -0.15) is 5.10 Å². The van der Waals surface area contributed by atoms with E-state index in [9.17, 15) is 0 Å². The summed E-state index contributed by atoms with van der Waals surface area (Å²) in [6.07, 6.45) is 5.78. The van der Waals surface area contributed by atoms with Crippen molar-refractivity contribution in [1.82, 2.24) is 14.8 Å². The first-order valence-electron chi connectivity index (χ1n) is 6.06. The minimum Gasteiger partial charge on any atom is -0.397 e. The average Bonchev–Trinajstić information content (AvgIpc) is 2.96. The van der Waals surface area contributed by atoms with Crippen molar-refractivity contribution in [3.63, 3.8) is 0 Å². The molecule has 0 bridgehead atoms. The van der Waals surface area contributed by atoms with E-state index in [1.165, 1.54) is 0 Å². The highest BCUT2D eigenvalue weighted by Crippen LogP contribution is 2.27. The minimum absolute atomic E-state index is 0. The lowest BCUT2D eigenvalue weighted by Crippen LogP contribution is -1.99. The molecule has 0 aliphatic heterocycles. The Bertz CT molecular complexity index is 696. The van der Waals surface area contributed by atoms with E-state index in [1.807, 2.05) is 23.1 Å². The maximum absolute atomic E-state index is 5.92. The van der Waals surface area contributed by atoms with Crippen LogP contribution in [0.25, 0.3) is 22.0 Å². The Morgan fingerprint density at radius 1 is 1.26 bits per heavy atom.